The number of carbonyl (C=O) groups is 1. The Bertz CT molecular complexity index is 756. The lowest BCUT2D eigenvalue weighted by atomic mass is 10.1. The molecule has 0 amide bonds. The van der Waals surface area contributed by atoms with Gasteiger partial charge in [0.2, 0.25) is 0 Å². The van der Waals surface area contributed by atoms with Gasteiger partial charge in [0.15, 0.2) is 5.65 Å². The fourth-order valence-electron chi connectivity index (χ4n) is 2.24. The minimum atomic E-state index is -4.55. The fourth-order valence-corrected chi connectivity index (χ4v) is 2.49. The van der Waals surface area contributed by atoms with E-state index in [0.717, 1.165) is 12.3 Å². The molecule has 132 valence electrons. The number of fused-ring (bicyclic) bond motifs is 1. The van der Waals surface area contributed by atoms with Crippen molar-refractivity contribution in [3.8, 4) is 0 Å². The Morgan fingerprint density at radius 1 is 1.42 bits per heavy atom. The topological polar surface area (TPSA) is 52.8 Å². The Morgan fingerprint density at radius 3 is 2.62 bits per heavy atom. The second-order valence-electron chi connectivity index (χ2n) is 5.46. The van der Waals surface area contributed by atoms with Crippen molar-refractivity contribution in [1.82, 2.24) is 9.38 Å². The number of nitrogens with zero attached hydrogens (tertiary/aromatic N) is 2. The molecular formula is C15H16ClF3N2O3. The summed E-state index contributed by atoms with van der Waals surface area (Å²) in [5.41, 5.74) is 0.141. The zero-order chi connectivity index (χ0) is 18.1. The van der Waals surface area contributed by atoms with E-state index in [1.807, 2.05) is 13.8 Å². The van der Waals surface area contributed by atoms with E-state index in [1.165, 1.54) is 11.5 Å². The molecule has 24 heavy (non-hydrogen) atoms. The molecule has 0 saturated heterocycles. The Balaban J connectivity index is 2.54. The third-order valence-electron chi connectivity index (χ3n) is 3.31. The lowest BCUT2D eigenvalue weighted by molar-refractivity contribution is -0.149. The number of esters is 1. The molecule has 2 aromatic heterocycles. The van der Waals surface area contributed by atoms with Crippen molar-refractivity contribution >= 4 is 23.2 Å². The zero-order valence-corrected chi connectivity index (χ0v) is 14.0. The molecule has 9 heteroatoms. The van der Waals surface area contributed by atoms with E-state index in [4.69, 9.17) is 16.3 Å². The van der Waals surface area contributed by atoms with E-state index < -0.39 is 17.7 Å². The van der Waals surface area contributed by atoms with Crippen LogP contribution >= 0.6 is 11.6 Å². The summed E-state index contributed by atoms with van der Waals surface area (Å²) >= 11 is 5.96. The van der Waals surface area contributed by atoms with Crippen LogP contribution in [0.4, 0.5) is 13.2 Å². The van der Waals surface area contributed by atoms with Crippen molar-refractivity contribution < 1.29 is 27.4 Å². The molecular weight excluding hydrogens is 349 g/mol. The summed E-state index contributed by atoms with van der Waals surface area (Å²) in [4.78, 5) is 15.8. The van der Waals surface area contributed by atoms with E-state index in [0.29, 0.717) is 11.4 Å². The van der Waals surface area contributed by atoms with Crippen LogP contribution in [-0.4, -0.2) is 29.1 Å². The lowest BCUT2D eigenvalue weighted by Crippen LogP contribution is -2.13. The van der Waals surface area contributed by atoms with Gasteiger partial charge in [0.1, 0.15) is 13.2 Å². The van der Waals surface area contributed by atoms with E-state index in [1.54, 1.807) is 0 Å². The van der Waals surface area contributed by atoms with Crippen LogP contribution in [0.3, 0.4) is 0 Å². The predicted octanol–water partition coefficient (Wildman–Crippen LogP) is 3.82. The quantitative estimate of drug-likeness (QED) is 0.757. The molecule has 0 atom stereocenters. The molecule has 2 rings (SSSR count). The van der Waals surface area contributed by atoms with Gasteiger partial charge in [-0.1, -0.05) is 25.4 Å². The molecule has 0 N–H and O–H groups in total. The average Bonchev–Trinajstić information content (AvgIpc) is 2.84. The maximum atomic E-state index is 13.0. The van der Waals surface area contributed by atoms with Gasteiger partial charge in [-0.2, -0.15) is 13.2 Å². The first-order chi connectivity index (χ1) is 11.1. The average molecular weight is 365 g/mol. The second-order valence-corrected chi connectivity index (χ2v) is 5.87. The second kappa shape index (κ2) is 6.98. The molecule has 0 saturated carbocycles. The number of rotatable bonds is 5. The first kappa shape index (κ1) is 18.5. The summed E-state index contributed by atoms with van der Waals surface area (Å²) in [5.74, 6) is -0.716. The first-order valence-corrected chi connectivity index (χ1v) is 7.45. The Morgan fingerprint density at radius 2 is 2.08 bits per heavy atom. The monoisotopic (exact) mass is 364 g/mol. The Kier molecular flexibility index (Phi) is 5.39. The molecule has 0 spiro atoms. The van der Waals surface area contributed by atoms with Crippen LogP contribution in [0.15, 0.2) is 12.3 Å². The van der Waals surface area contributed by atoms with Crippen molar-refractivity contribution in [3.05, 3.63) is 34.2 Å². The van der Waals surface area contributed by atoms with Gasteiger partial charge in [0.05, 0.1) is 22.0 Å². The van der Waals surface area contributed by atoms with Crippen LogP contribution in [0.5, 0.6) is 0 Å². The standard InChI is InChI=1S/C15H16ClF3N2O3/c1-8(2)13-11(6-24-12(22)7-23-3)21-5-9(15(17,18)19)4-10(16)14(21)20-13/h4-5,8H,6-7H2,1-3H3. The number of halogens is 4. The van der Waals surface area contributed by atoms with Crippen molar-refractivity contribution in [2.75, 3.05) is 13.7 Å². The molecule has 0 fully saturated rings. The van der Waals surface area contributed by atoms with Gasteiger partial charge >= 0.3 is 12.1 Å². The number of aromatic nitrogens is 2. The highest BCUT2D eigenvalue weighted by Crippen LogP contribution is 2.34. The molecule has 0 bridgehead atoms. The number of carbonyl (C=O) groups excluding carboxylic acids is 1. The molecule has 0 aliphatic rings. The minimum absolute atomic E-state index is 0.0913. The van der Waals surface area contributed by atoms with E-state index in [9.17, 15) is 18.0 Å². The van der Waals surface area contributed by atoms with Crippen LogP contribution in [0.2, 0.25) is 5.02 Å². The third kappa shape index (κ3) is 3.81. The molecule has 0 radical (unpaired) electrons. The maximum absolute atomic E-state index is 13.0. The van der Waals surface area contributed by atoms with E-state index in [-0.39, 0.29) is 29.8 Å². The van der Waals surface area contributed by atoms with Crippen LogP contribution in [0, 0.1) is 0 Å². The number of hydrogen-bond acceptors (Lipinski definition) is 4. The summed E-state index contributed by atoms with van der Waals surface area (Å²) in [5, 5.41) is -0.124. The highest BCUT2D eigenvalue weighted by Gasteiger charge is 2.32. The SMILES string of the molecule is COCC(=O)OCc1c(C(C)C)nc2c(Cl)cc(C(F)(F)F)cn12. The number of pyridine rings is 1. The maximum Gasteiger partial charge on any atom is 0.417 e. The summed E-state index contributed by atoms with van der Waals surface area (Å²) < 4.78 is 50.0. The minimum Gasteiger partial charge on any atom is -0.457 e. The van der Waals surface area contributed by atoms with Gasteiger partial charge in [-0.15, -0.1) is 0 Å². The number of ether oxygens (including phenoxy) is 2. The third-order valence-corrected chi connectivity index (χ3v) is 3.59. The number of methoxy groups -OCH3 is 1. The van der Waals surface area contributed by atoms with Crippen molar-refractivity contribution in [2.24, 2.45) is 0 Å². The highest BCUT2D eigenvalue weighted by atomic mass is 35.5. The van der Waals surface area contributed by atoms with Crippen LogP contribution in [0.25, 0.3) is 5.65 Å². The number of alkyl halides is 3. The fraction of sp³-hybridized carbons (Fsp3) is 0.467. The largest absolute Gasteiger partial charge is 0.457 e. The van der Waals surface area contributed by atoms with Crippen molar-refractivity contribution in [1.29, 1.82) is 0 Å². The van der Waals surface area contributed by atoms with Crippen LogP contribution in [0.1, 0.15) is 36.7 Å². The van der Waals surface area contributed by atoms with Crippen molar-refractivity contribution in [2.45, 2.75) is 32.5 Å². The molecule has 2 aromatic rings. The van der Waals surface area contributed by atoms with Gasteiger partial charge in [-0.3, -0.25) is 4.40 Å². The van der Waals surface area contributed by atoms with E-state index in [2.05, 4.69) is 9.72 Å². The van der Waals surface area contributed by atoms with Crippen LogP contribution in [-0.2, 0) is 27.1 Å². The van der Waals surface area contributed by atoms with Crippen molar-refractivity contribution in [3.63, 3.8) is 0 Å². The van der Waals surface area contributed by atoms with Crippen LogP contribution < -0.4 is 0 Å². The highest BCUT2D eigenvalue weighted by molar-refractivity contribution is 6.33. The molecule has 2 heterocycles. The lowest BCUT2D eigenvalue weighted by Gasteiger charge is -2.11. The summed E-state index contributed by atoms with van der Waals surface area (Å²) in [6.07, 6.45) is -3.65. The molecule has 5 nitrogen and oxygen atoms in total. The van der Waals surface area contributed by atoms with Gasteiger partial charge in [0.25, 0.3) is 0 Å². The van der Waals surface area contributed by atoms with Gasteiger partial charge in [-0.25, -0.2) is 9.78 Å². The van der Waals surface area contributed by atoms with E-state index >= 15 is 0 Å². The Labute approximate surface area is 141 Å². The smallest absolute Gasteiger partial charge is 0.417 e. The molecule has 0 aliphatic heterocycles. The molecule has 0 aromatic carbocycles. The number of imidazole rings is 1. The predicted molar refractivity (Wildman–Crippen MR) is 81.0 cm³/mol. The Hall–Kier alpha value is -1.80. The summed E-state index contributed by atoms with van der Waals surface area (Å²) in [6.45, 7) is 3.19. The van der Waals surface area contributed by atoms with Gasteiger partial charge < -0.3 is 9.47 Å². The molecule has 0 unspecified atom stereocenters. The zero-order valence-electron chi connectivity index (χ0n) is 13.3. The molecule has 0 aliphatic carbocycles. The first-order valence-electron chi connectivity index (χ1n) is 7.07. The number of hydrogen-bond donors (Lipinski definition) is 0. The summed E-state index contributed by atoms with van der Waals surface area (Å²) in [6, 6.07) is 0.828. The van der Waals surface area contributed by atoms with Gasteiger partial charge in [0, 0.05) is 13.3 Å². The van der Waals surface area contributed by atoms with Gasteiger partial charge in [-0.05, 0) is 12.0 Å². The normalized spacial score (nSPS) is 12.2. The summed E-state index contributed by atoms with van der Waals surface area (Å²) in [7, 11) is 1.34.